The number of carbonyl (C=O) groups excluding carboxylic acids is 1. The van der Waals surface area contributed by atoms with Gasteiger partial charge in [-0.2, -0.15) is 0 Å². The summed E-state index contributed by atoms with van der Waals surface area (Å²) in [7, 11) is 0. The molecule has 170 valence electrons. The summed E-state index contributed by atoms with van der Waals surface area (Å²) < 4.78 is 0. The molecule has 30 heavy (non-hydrogen) atoms. The van der Waals surface area contributed by atoms with Gasteiger partial charge in [-0.25, -0.2) is 0 Å². The summed E-state index contributed by atoms with van der Waals surface area (Å²) in [5.74, 6) is -0.548. The van der Waals surface area contributed by atoms with Crippen LogP contribution in [0, 0.1) is 6.92 Å². The molecule has 2 atom stereocenters. The summed E-state index contributed by atoms with van der Waals surface area (Å²) in [6.45, 7) is 5.94. The number of ketones is 1. The van der Waals surface area contributed by atoms with Gasteiger partial charge in [-0.15, -0.1) is 0 Å². The second kappa shape index (κ2) is 14.3. The molecule has 0 aromatic heterocycles. The molecular formula is C26H42O4. The monoisotopic (exact) mass is 418 g/mol. The lowest BCUT2D eigenvalue weighted by Gasteiger charge is -2.34. The smallest absolute Gasteiger partial charge is 0.303 e. The number of hydrogen-bond acceptors (Lipinski definition) is 3. The zero-order valence-electron chi connectivity index (χ0n) is 19.3. The van der Waals surface area contributed by atoms with E-state index in [2.05, 4.69) is 26.0 Å². The van der Waals surface area contributed by atoms with Crippen molar-refractivity contribution in [1.29, 1.82) is 0 Å². The summed E-state index contributed by atoms with van der Waals surface area (Å²) in [6, 6.07) is 8.16. The molecule has 1 aromatic carbocycles. The van der Waals surface area contributed by atoms with Crippen LogP contribution >= 0.6 is 0 Å². The van der Waals surface area contributed by atoms with Crippen molar-refractivity contribution < 1.29 is 19.8 Å². The lowest BCUT2D eigenvalue weighted by molar-refractivity contribution is -0.137. The molecule has 2 N–H and O–H groups in total. The van der Waals surface area contributed by atoms with Crippen molar-refractivity contribution in [2.24, 2.45) is 0 Å². The highest BCUT2D eigenvalue weighted by atomic mass is 16.4. The molecule has 0 bridgehead atoms. The van der Waals surface area contributed by atoms with Crippen LogP contribution in [0.2, 0.25) is 0 Å². The highest BCUT2D eigenvalue weighted by Gasteiger charge is 2.37. The third kappa shape index (κ3) is 8.99. The van der Waals surface area contributed by atoms with Crippen molar-refractivity contribution in [2.45, 2.75) is 116 Å². The molecular weight excluding hydrogens is 376 g/mol. The minimum Gasteiger partial charge on any atom is -0.481 e. The van der Waals surface area contributed by atoms with Gasteiger partial charge in [0.25, 0.3) is 0 Å². The highest BCUT2D eigenvalue weighted by molar-refractivity contribution is 5.88. The van der Waals surface area contributed by atoms with Crippen molar-refractivity contribution in [3.05, 3.63) is 35.4 Å². The van der Waals surface area contributed by atoms with E-state index in [-0.39, 0.29) is 18.3 Å². The average molecular weight is 419 g/mol. The Hall–Kier alpha value is -1.68. The fraction of sp³-hybridized carbons (Fsp3) is 0.692. The molecule has 0 spiro atoms. The van der Waals surface area contributed by atoms with Crippen molar-refractivity contribution in [2.75, 3.05) is 0 Å². The number of Topliss-reactive ketones (excluding diaryl/α,β-unsaturated/α-hetero) is 1. The Morgan fingerprint density at radius 3 is 2.20 bits per heavy atom. The van der Waals surface area contributed by atoms with Gasteiger partial charge in [-0.1, -0.05) is 69.7 Å². The van der Waals surface area contributed by atoms with E-state index in [1.807, 2.05) is 12.1 Å². The minimum atomic E-state index is -0.745. The van der Waals surface area contributed by atoms with Gasteiger partial charge in [0.05, 0.1) is 11.5 Å². The van der Waals surface area contributed by atoms with Crippen LogP contribution in [0.4, 0.5) is 0 Å². The Morgan fingerprint density at radius 1 is 0.933 bits per heavy atom. The number of rotatable bonds is 17. The van der Waals surface area contributed by atoms with Crippen LogP contribution < -0.4 is 0 Å². The van der Waals surface area contributed by atoms with Crippen LogP contribution in [0.1, 0.15) is 108 Å². The zero-order valence-corrected chi connectivity index (χ0v) is 19.3. The summed E-state index contributed by atoms with van der Waals surface area (Å²) in [6.07, 6.45) is 10.7. The minimum absolute atomic E-state index is 0.197. The SMILES string of the molecule is CCCCCC(O)CCCC(CCCCCCC(=O)O)(C(C)=O)c1ccccc1C. The second-order valence-electron chi connectivity index (χ2n) is 8.80. The van der Waals surface area contributed by atoms with E-state index >= 15 is 0 Å². The number of aliphatic hydroxyl groups excluding tert-OH is 1. The van der Waals surface area contributed by atoms with Crippen LogP contribution in [-0.2, 0) is 15.0 Å². The first kappa shape index (κ1) is 26.4. The van der Waals surface area contributed by atoms with E-state index in [4.69, 9.17) is 5.11 Å². The zero-order chi connectivity index (χ0) is 22.4. The van der Waals surface area contributed by atoms with Gasteiger partial charge in [0, 0.05) is 6.42 Å². The summed E-state index contributed by atoms with van der Waals surface area (Å²) in [4.78, 5) is 23.7. The average Bonchev–Trinajstić information content (AvgIpc) is 2.69. The molecule has 0 aliphatic carbocycles. The molecule has 0 radical (unpaired) electrons. The fourth-order valence-electron chi connectivity index (χ4n) is 4.52. The fourth-order valence-corrected chi connectivity index (χ4v) is 4.52. The maximum Gasteiger partial charge on any atom is 0.303 e. The molecule has 1 aromatic rings. The number of aryl methyl sites for hydroxylation is 1. The maximum absolute atomic E-state index is 13.0. The van der Waals surface area contributed by atoms with E-state index in [1.165, 1.54) is 0 Å². The third-order valence-corrected chi connectivity index (χ3v) is 6.36. The third-order valence-electron chi connectivity index (χ3n) is 6.36. The van der Waals surface area contributed by atoms with Gasteiger partial charge < -0.3 is 10.2 Å². The molecule has 0 saturated heterocycles. The first-order chi connectivity index (χ1) is 14.3. The molecule has 1 rings (SSSR count). The molecule has 0 fully saturated rings. The summed E-state index contributed by atoms with van der Waals surface area (Å²) >= 11 is 0. The van der Waals surface area contributed by atoms with Crippen LogP contribution in [0.25, 0.3) is 0 Å². The summed E-state index contributed by atoms with van der Waals surface area (Å²) in [5.41, 5.74) is 1.74. The molecule has 0 saturated carbocycles. The predicted octanol–water partition coefficient (Wildman–Crippen LogP) is 6.36. The quantitative estimate of drug-likeness (QED) is 0.289. The molecule has 0 heterocycles. The standard InChI is InChI=1S/C26H42O4/c1-4-5-8-15-23(28)16-13-20-26(22(3)27,24-17-11-10-14-21(24)2)19-12-7-6-9-18-25(29)30/h10-11,14,17,23,28H,4-9,12-13,15-16,18-20H2,1-3H3,(H,29,30). The number of unbranched alkanes of at least 4 members (excludes halogenated alkanes) is 5. The Bertz CT molecular complexity index is 640. The number of carboxylic acids is 1. The van der Waals surface area contributed by atoms with Crippen LogP contribution in [-0.4, -0.2) is 28.1 Å². The number of carboxylic acid groups (broad SMARTS) is 1. The Kier molecular flexibility index (Phi) is 12.6. The van der Waals surface area contributed by atoms with Gasteiger partial charge in [-0.3, -0.25) is 9.59 Å². The first-order valence-corrected chi connectivity index (χ1v) is 11.8. The van der Waals surface area contributed by atoms with E-state index in [0.717, 1.165) is 81.8 Å². The Balaban J connectivity index is 2.80. The number of benzene rings is 1. The van der Waals surface area contributed by atoms with Gasteiger partial charge in [0.1, 0.15) is 5.78 Å². The van der Waals surface area contributed by atoms with Gasteiger partial charge >= 0.3 is 5.97 Å². The van der Waals surface area contributed by atoms with Crippen LogP contribution in [0.15, 0.2) is 24.3 Å². The van der Waals surface area contributed by atoms with Crippen LogP contribution in [0.3, 0.4) is 0 Å². The Morgan fingerprint density at radius 2 is 1.57 bits per heavy atom. The van der Waals surface area contributed by atoms with Crippen LogP contribution in [0.5, 0.6) is 0 Å². The number of aliphatic hydroxyl groups is 1. The first-order valence-electron chi connectivity index (χ1n) is 11.8. The molecule has 0 aliphatic rings. The number of aliphatic carboxylic acids is 1. The lowest BCUT2D eigenvalue weighted by atomic mass is 9.68. The number of hydrogen-bond donors (Lipinski definition) is 2. The van der Waals surface area contributed by atoms with Crippen molar-refractivity contribution in [3.63, 3.8) is 0 Å². The predicted molar refractivity (Wildman–Crippen MR) is 123 cm³/mol. The molecule has 0 amide bonds. The molecule has 2 unspecified atom stereocenters. The van der Waals surface area contributed by atoms with Gasteiger partial charge in [0.2, 0.25) is 0 Å². The Labute approximate surface area is 183 Å². The van der Waals surface area contributed by atoms with E-state index in [0.29, 0.717) is 6.42 Å². The van der Waals surface area contributed by atoms with Gasteiger partial charge in [0.15, 0.2) is 0 Å². The molecule has 4 heteroatoms. The topological polar surface area (TPSA) is 74.6 Å². The number of carbonyl (C=O) groups is 2. The highest BCUT2D eigenvalue weighted by Crippen LogP contribution is 2.38. The largest absolute Gasteiger partial charge is 0.481 e. The van der Waals surface area contributed by atoms with E-state index in [9.17, 15) is 14.7 Å². The van der Waals surface area contributed by atoms with Crippen molar-refractivity contribution >= 4 is 11.8 Å². The molecule has 4 nitrogen and oxygen atoms in total. The molecule has 0 aliphatic heterocycles. The van der Waals surface area contributed by atoms with Gasteiger partial charge in [-0.05, 0) is 63.5 Å². The van der Waals surface area contributed by atoms with Crippen molar-refractivity contribution in [3.8, 4) is 0 Å². The lowest BCUT2D eigenvalue weighted by Crippen LogP contribution is -2.35. The summed E-state index contributed by atoms with van der Waals surface area (Å²) in [5, 5.41) is 19.1. The maximum atomic E-state index is 13.0. The van der Waals surface area contributed by atoms with E-state index < -0.39 is 11.4 Å². The second-order valence-corrected chi connectivity index (χ2v) is 8.80. The van der Waals surface area contributed by atoms with Crippen molar-refractivity contribution in [1.82, 2.24) is 0 Å². The van der Waals surface area contributed by atoms with E-state index in [1.54, 1.807) is 6.92 Å². The normalized spacial score (nSPS) is 14.3.